The first-order valence-electron chi connectivity index (χ1n) is 11.5. The molecule has 192 valence electrons. The van der Waals surface area contributed by atoms with Crippen LogP contribution in [0.2, 0.25) is 0 Å². The number of carbonyl (C=O) groups excluding carboxylic acids is 2. The van der Waals surface area contributed by atoms with Crippen LogP contribution in [0.1, 0.15) is 22.1 Å². The predicted octanol–water partition coefficient (Wildman–Crippen LogP) is 4.61. The van der Waals surface area contributed by atoms with E-state index in [1.165, 1.54) is 38.1 Å². The molecule has 3 aromatic rings. The standard InChI is InChI=1S/C28H28N2O6S/c1-33-21-12-10-20(11-13-21)28-30(29-25(31)17-18-8-6-5-7-9-18)27(32)24(37-28)16-19-14-22(34-2)26(36-4)23(15-19)35-3/h5-16,28H,17H2,1-4H3,(H,29,31)/b24-16-/t28-/m1/s1. The topological polar surface area (TPSA) is 86.3 Å². The number of nitrogens with zero attached hydrogens (tertiary/aromatic N) is 1. The fourth-order valence-corrected chi connectivity index (χ4v) is 5.12. The number of thioether (sulfide) groups is 1. The minimum atomic E-state index is -0.466. The van der Waals surface area contributed by atoms with Crippen molar-refractivity contribution in [3.05, 3.63) is 88.3 Å². The highest BCUT2D eigenvalue weighted by atomic mass is 32.2. The van der Waals surface area contributed by atoms with Crippen LogP contribution in [0.25, 0.3) is 6.08 Å². The Morgan fingerprint density at radius 1 is 0.919 bits per heavy atom. The van der Waals surface area contributed by atoms with Crippen LogP contribution in [0.3, 0.4) is 0 Å². The quantitative estimate of drug-likeness (QED) is 0.413. The first-order chi connectivity index (χ1) is 18.0. The summed E-state index contributed by atoms with van der Waals surface area (Å²) < 4.78 is 21.6. The maximum absolute atomic E-state index is 13.5. The SMILES string of the molecule is COc1ccc([C@H]2S/C(=C\c3cc(OC)c(OC)c(OC)c3)C(=O)N2NC(=O)Cc2ccccc2)cc1. The first kappa shape index (κ1) is 26.0. The van der Waals surface area contributed by atoms with E-state index in [1.807, 2.05) is 54.6 Å². The Hall–Kier alpha value is -4.11. The molecule has 0 unspecified atom stereocenters. The van der Waals surface area contributed by atoms with E-state index in [-0.39, 0.29) is 18.2 Å². The molecule has 3 aromatic carbocycles. The Labute approximate surface area is 220 Å². The summed E-state index contributed by atoms with van der Waals surface area (Å²) in [6.45, 7) is 0. The summed E-state index contributed by atoms with van der Waals surface area (Å²) in [5.41, 5.74) is 5.20. The summed E-state index contributed by atoms with van der Waals surface area (Å²) in [7, 11) is 6.20. The van der Waals surface area contributed by atoms with Gasteiger partial charge in [0.1, 0.15) is 11.1 Å². The molecule has 37 heavy (non-hydrogen) atoms. The highest BCUT2D eigenvalue weighted by molar-refractivity contribution is 8.04. The largest absolute Gasteiger partial charge is 0.497 e. The lowest BCUT2D eigenvalue weighted by Gasteiger charge is -2.24. The number of hydrogen-bond acceptors (Lipinski definition) is 7. The van der Waals surface area contributed by atoms with E-state index in [1.54, 1.807) is 25.3 Å². The van der Waals surface area contributed by atoms with Crippen LogP contribution in [0.4, 0.5) is 0 Å². The lowest BCUT2D eigenvalue weighted by Crippen LogP contribution is -2.44. The Bertz CT molecular complexity index is 1270. The molecule has 1 N–H and O–H groups in total. The molecular formula is C28H28N2O6S. The van der Waals surface area contributed by atoms with Crippen LogP contribution in [0.5, 0.6) is 23.0 Å². The van der Waals surface area contributed by atoms with Crippen molar-refractivity contribution in [2.45, 2.75) is 11.8 Å². The second-order valence-electron chi connectivity index (χ2n) is 8.08. The molecule has 0 aromatic heterocycles. The molecule has 8 nitrogen and oxygen atoms in total. The number of amides is 2. The highest BCUT2D eigenvalue weighted by Crippen LogP contribution is 2.46. The van der Waals surface area contributed by atoms with E-state index >= 15 is 0 Å². The third-order valence-electron chi connectivity index (χ3n) is 5.74. The third-order valence-corrected chi connectivity index (χ3v) is 6.99. The molecule has 1 aliphatic heterocycles. The fourth-order valence-electron chi connectivity index (χ4n) is 3.93. The van der Waals surface area contributed by atoms with E-state index in [0.717, 1.165) is 11.1 Å². The Morgan fingerprint density at radius 2 is 1.57 bits per heavy atom. The molecule has 0 spiro atoms. The van der Waals surface area contributed by atoms with E-state index < -0.39 is 5.37 Å². The van der Waals surface area contributed by atoms with Crippen molar-refractivity contribution in [2.24, 2.45) is 0 Å². The number of benzene rings is 3. The van der Waals surface area contributed by atoms with Crippen molar-refractivity contribution in [1.82, 2.24) is 10.4 Å². The van der Waals surface area contributed by atoms with Gasteiger partial charge in [-0.05, 0) is 47.0 Å². The molecule has 0 radical (unpaired) electrons. The summed E-state index contributed by atoms with van der Waals surface area (Å²) in [6.07, 6.45) is 1.90. The molecule has 4 rings (SSSR count). The maximum Gasteiger partial charge on any atom is 0.280 e. The number of methoxy groups -OCH3 is 4. The van der Waals surface area contributed by atoms with Gasteiger partial charge in [0.2, 0.25) is 11.7 Å². The van der Waals surface area contributed by atoms with Gasteiger partial charge in [-0.2, -0.15) is 0 Å². The zero-order valence-corrected chi connectivity index (χ0v) is 21.8. The predicted molar refractivity (Wildman–Crippen MR) is 143 cm³/mol. The van der Waals surface area contributed by atoms with Gasteiger partial charge in [0.05, 0.1) is 39.8 Å². The van der Waals surface area contributed by atoms with Crippen LogP contribution < -0.4 is 24.4 Å². The van der Waals surface area contributed by atoms with Crippen molar-refractivity contribution < 1.29 is 28.5 Å². The molecule has 1 saturated heterocycles. The molecule has 1 heterocycles. The van der Waals surface area contributed by atoms with Crippen molar-refractivity contribution >= 4 is 29.7 Å². The van der Waals surface area contributed by atoms with Crippen molar-refractivity contribution in [1.29, 1.82) is 0 Å². The monoisotopic (exact) mass is 520 g/mol. The van der Waals surface area contributed by atoms with Crippen LogP contribution in [0, 0.1) is 0 Å². The zero-order chi connectivity index (χ0) is 26.4. The van der Waals surface area contributed by atoms with Gasteiger partial charge in [-0.3, -0.25) is 15.0 Å². The van der Waals surface area contributed by atoms with Crippen molar-refractivity contribution in [3.8, 4) is 23.0 Å². The minimum Gasteiger partial charge on any atom is -0.497 e. The van der Waals surface area contributed by atoms with Crippen LogP contribution in [-0.2, 0) is 16.0 Å². The van der Waals surface area contributed by atoms with Crippen LogP contribution in [-0.4, -0.2) is 45.3 Å². The first-order valence-corrected chi connectivity index (χ1v) is 12.3. The van der Waals surface area contributed by atoms with Gasteiger partial charge < -0.3 is 18.9 Å². The van der Waals surface area contributed by atoms with E-state index in [2.05, 4.69) is 5.43 Å². The fraction of sp³-hybridized carbons (Fsp3) is 0.214. The van der Waals surface area contributed by atoms with Crippen molar-refractivity contribution in [2.75, 3.05) is 28.4 Å². The number of nitrogens with one attached hydrogen (secondary N) is 1. The second kappa shape index (κ2) is 11.7. The maximum atomic E-state index is 13.5. The Morgan fingerprint density at radius 3 is 2.14 bits per heavy atom. The van der Waals surface area contributed by atoms with Gasteiger partial charge in [-0.15, -0.1) is 0 Å². The number of rotatable bonds is 9. The zero-order valence-electron chi connectivity index (χ0n) is 21.0. The lowest BCUT2D eigenvalue weighted by molar-refractivity contribution is -0.137. The smallest absolute Gasteiger partial charge is 0.280 e. The summed E-state index contributed by atoms with van der Waals surface area (Å²) in [6, 6.07) is 20.3. The van der Waals surface area contributed by atoms with Gasteiger partial charge in [-0.1, -0.05) is 54.2 Å². The van der Waals surface area contributed by atoms with Gasteiger partial charge in [0, 0.05) is 0 Å². The van der Waals surface area contributed by atoms with E-state index in [4.69, 9.17) is 18.9 Å². The second-order valence-corrected chi connectivity index (χ2v) is 9.21. The molecule has 9 heteroatoms. The van der Waals surface area contributed by atoms with E-state index in [0.29, 0.717) is 33.5 Å². The van der Waals surface area contributed by atoms with Crippen LogP contribution in [0.15, 0.2) is 71.6 Å². The molecule has 1 fully saturated rings. The number of hydrazine groups is 1. The average Bonchev–Trinajstić information content (AvgIpc) is 3.22. The molecule has 0 aliphatic carbocycles. The van der Waals surface area contributed by atoms with Gasteiger partial charge >= 0.3 is 0 Å². The van der Waals surface area contributed by atoms with Crippen LogP contribution >= 0.6 is 11.8 Å². The molecule has 0 bridgehead atoms. The van der Waals surface area contributed by atoms with Gasteiger partial charge in [0.15, 0.2) is 11.5 Å². The number of hydrogen-bond donors (Lipinski definition) is 1. The number of ether oxygens (including phenoxy) is 4. The lowest BCUT2D eigenvalue weighted by atomic mass is 10.1. The van der Waals surface area contributed by atoms with Gasteiger partial charge in [0.25, 0.3) is 5.91 Å². The number of carbonyl (C=O) groups is 2. The highest BCUT2D eigenvalue weighted by Gasteiger charge is 2.38. The Balaban J connectivity index is 1.67. The minimum absolute atomic E-state index is 0.149. The van der Waals surface area contributed by atoms with E-state index in [9.17, 15) is 9.59 Å². The Kier molecular flexibility index (Phi) is 8.25. The molecule has 1 aliphatic rings. The molecule has 1 atom stereocenters. The van der Waals surface area contributed by atoms with Crippen molar-refractivity contribution in [3.63, 3.8) is 0 Å². The summed E-state index contributed by atoms with van der Waals surface area (Å²) in [5, 5.41) is 0.910. The normalized spacial score (nSPS) is 16.0. The summed E-state index contributed by atoms with van der Waals surface area (Å²) in [4.78, 5) is 26.9. The average molecular weight is 521 g/mol. The molecular weight excluding hydrogens is 492 g/mol. The third kappa shape index (κ3) is 5.83. The molecule has 2 amide bonds. The molecule has 0 saturated carbocycles. The van der Waals surface area contributed by atoms with Gasteiger partial charge in [-0.25, -0.2) is 5.01 Å². The summed E-state index contributed by atoms with van der Waals surface area (Å²) >= 11 is 1.34. The summed E-state index contributed by atoms with van der Waals surface area (Å²) in [5.74, 6) is 1.51.